The van der Waals surface area contributed by atoms with Crippen molar-refractivity contribution in [1.82, 2.24) is 5.32 Å². The minimum absolute atomic E-state index is 0.0123. The van der Waals surface area contributed by atoms with Crippen LogP contribution < -0.4 is 5.32 Å². The van der Waals surface area contributed by atoms with Crippen molar-refractivity contribution in [1.29, 1.82) is 0 Å². The van der Waals surface area contributed by atoms with E-state index in [1.165, 1.54) is 6.07 Å². The van der Waals surface area contributed by atoms with Gasteiger partial charge in [-0.05, 0) is 26.3 Å². The second kappa shape index (κ2) is 5.12. The van der Waals surface area contributed by atoms with E-state index in [1.807, 2.05) is 6.92 Å². The standard InChI is InChI=1S/C12H18FNO/c1-4-8(2)14-9(3)11-6-5-10(13)7-12(11)15/h5-9,14-15H,4H2,1-3H3/t8-,9+/m1/s1. The molecule has 0 radical (unpaired) electrons. The van der Waals surface area contributed by atoms with E-state index < -0.39 is 5.82 Å². The lowest BCUT2D eigenvalue weighted by atomic mass is 10.1. The van der Waals surface area contributed by atoms with Crippen LogP contribution in [0.1, 0.15) is 38.8 Å². The Hall–Kier alpha value is -1.09. The molecule has 2 N–H and O–H groups in total. The Balaban J connectivity index is 2.77. The van der Waals surface area contributed by atoms with Gasteiger partial charge in [0.05, 0.1) is 0 Å². The summed E-state index contributed by atoms with van der Waals surface area (Å²) in [6.45, 7) is 6.13. The highest BCUT2D eigenvalue weighted by Gasteiger charge is 2.12. The molecule has 0 fully saturated rings. The molecule has 0 unspecified atom stereocenters. The fraction of sp³-hybridized carbons (Fsp3) is 0.500. The van der Waals surface area contributed by atoms with Crippen LogP contribution in [0.25, 0.3) is 0 Å². The average molecular weight is 211 g/mol. The molecule has 0 heterocycles. The molecule has 15 heavy (non-hydrogen) atoms. The molecular weight excluding hydrogens is 193 g/mol. The van der Waals surface area contributed by atoms with Crippen molar-refractivity contribution < 1.29 is 9.50 Å². The number of hydrogen-bond acceptors (Lipinski definition) is 2. The first-order chi connectivity index (χ1) is 7.04. The van der Waals surface area contributed by atoms with Gasteiger partial charge in [-0.3, -0.25) is 0 Å². The number of hydrogen-bond donors (Lipinski definition) is 2. The normalized spacial score (nSPS) is 14.9. The third-order valence-corrected chi connectivity index (χ3v) is 2.61. The first-order valence-electron chi connectivity index (χ1n) is 5.29. The van der Waals surface area contributed by atoms with Gasteiger partial charge in [0, 0.05) is 23.7 Å². The molecule has 0 bridgehead atoms. The van der Waals surface area contributed by atoms with Gasteiger partial charge >= 0.3 is 0 Å². The zero-order chi connectivity index (χ0) is 11.4. The van der Waals surface area contributed by atoms with Crippen molar-refractivity contribution in [2.75, 3.05) is 0 Å². The third-order valence-electron chi connectivity index (χ3n) is 2.61. The number of phenols is 1. The highest BCUT2D eigenvalue weighted by molar-refractivity contribution is 5.34. The zero-order valence-electron chi connectivity index (χ0n) is 9.42. The van der Waals surface area contributed by atoms with Crippen molar-refractivity contribution in [2.45, 2.75) is 39.3 Å². The van der Waals surface area contributed by atoms with E-state index in [9.17, 15) is 9.50 Å². The van der Waals surface area contributed by atoms with Gasteiger partial charge in [-0.15, -0.1) is 0 Å². The van der Waals surface area contributed by atoms with Crippen molar-refractivity contribution in [3.8, 4) is 5.75 Å². The topological polar surface area (TPSA) is 32.3 Å². The van der Waals surface area contributed by atoms with Crippen LogP contribution in [0, 0.1) is 5.82 Å². The van der Waals surface area contributed by atoms with Gasteiger partial charge in [0.25, 0.3) is 0 Å². The Morgan fingerprint density at radius 1 is 1.40 bits per heavy atom. The predicted molar refractivity (Wildman–Crippen MR) is 59.4 cm³/mol. The molecule has 2 nitrogen and oxygen atoms in total. The van der Waals surface area contributed by atoms with Crippen LogP contribution in [0.15, 0.2) is 18.2 Å². The van der Waals surface area contributed by atoms with E-state index in [4.69, 9.17) is 0 Å². The van der Waals surface area contributed by atoms with E-state index in [0.29, 0.717) is 6.04 Å². The lowest BCUT2D eigenvalue weighted by Gasteiger charge is -2.19. The second-order valence-corrected chi connectivity index (χ2v) is 3.90. The van der Waals surface area contributed by atoms with Gasteiger partial charge in [0.1, 0.15) is 11.6 Å². The summed E-state index contributed by atoms with van der Waals surface area (Å²) in [6.07, 6.45) is 1.02. The lowest BCUT2D eigenvalue weighted by Crippen LogP contribution is -2.28. The minimum Gasteiger partial charge on any atom is -0.508 e. The Bertz CT molecular complexity index is 327. The fourth-order valence-electron chi connectivity index (χ4n) is 1.52. The predicted octanol–water partition coefficient (Wildman–Crippen LogP) is 2.98. The number of halogens is 1. The SMILES string of the molecule is CC[C@@H](C)N[C@@H](C)c1ccc(F)cc1O. The van der Waals surface area contributed by atoms with Crippen molar-refractivity contribution in [3.05, 3.63) is 29.6 Å². The summed E-state index contributed by atoms with van der Waals surface area (Å²) in [4.78, 5) is 0. The Labute approximate surface area is 90.1 Å². The molecule has 0 saturated heterocycles. The summed E-state index contributed by atoms with van der Waals surface area (Å²) in [5.41, 5.74) is 0.733. The van der Waals surface area contributed by atoms with E-state index in [1.54, 1.807) is 6.07 Å². The molecule has 1 aromatic carbocycles. The highest BCUT2D eigenvalue weighted by atomic mass is 19.1. The van der Waals surface area contributed by atoms with Gasteiger partial charge in [-0.2, -0.15) is 0 Å². The number of aromatic hydroxyl groups is 1. The summed E-state index contributed by atoms with van der Waals surface area (Å²) in [5, 5.41) is 12.9. The van der Waals surface area contributed by atoms with Crippen LogP contribution in [-0.2, 0) is 0 Å². The average Bonchev–Trinajstić information content (AvgIpc) is 2.17. The van der Waals surface area contributed by atoms with Gasteiger partial charge in [0.2, 0.25) is 0 Å². The number of rotatable bonds is 4. The quantitative estimate of drug-likeness (QED) is 0.802. The maximum atomic E-state index is 12.8. The number of benzene rings is 1. The summed E-state index contributed by atoms with van der Waals surface area (Å²) >= 11 is 0. The van der Waals surface area contributed by atoms with Crippen LogP contribution >= 0.6 is 0 Å². The first-order valence-corrected chi connectivity index (χ1v) is 5.29. The summed E-state index contributed by atoms with van der Waals surface area (Å²) in [5.74, 6) is -0.398. The molecule has 0 aliphatic heterocycles. The zero-order valence-corrected chi connectivity index (χ0v) is 9.42. The molecule has 0 spiro atoms. The molecular formula is C12H18FNO. The van der Waals surface area contributed by atoms with E-state index in [-0.39, 0.29) is 11.8 Å². The van der Waals surface area contributed by atoms with Crippen molar-refractivity contribution >= 4 is 0 Å². The largest absolute Gasteiger partial charge is 0.508 e. The Kier molecular flexibility index (Phi) is 4.09. The second-order valence-electron chi connectivity index (χ2n) is 3.90. The van der Waals surface area contributed by atoms with Gasteiger partial charge in [-0.25, -0.2) is 4.39 Å². The smallest absolute Gasteiger partial charge is 0.126 e. The van der Waals surface area contributed by atoms with Gasteiger partial charge < -0.3 is 10.4 Å². The molecule has 2 atom stereocenters. The molecule has 0 saturated carbocycles. The van der Waals surface area contributed by atoms with Crippen LogP contribution in [0.4, 0.5) is 4.39 Å². The van der Waals surface area contributed by atoms with Crippen LogP contribution in [0.5, 0.6) is 5.75 Å². The van der Waals surface area contributed by atoms with E-state index in [2.05, 4.69) is 19.2 Å². The van der Waals surface area contributed by atoms with Gasteiger partial charge in [0.15, 0.2) is 0 Å². The van der Waals surface area contributed by atoms with Gasteiger partial charge in [-0.1, -0.05) is 13.0 Å². The summed E-state index contributed by atoms with van der Waals surface area (Å²) in [7, 11) is 0. The first kappa shape index (κ1) is 12.0. The monoisotopic (exact) mass is 211 g/mol. The fourth-order valence-corrected chi connectivity index (χ4v) is 1.52. The summed E-state index contributed by atoms with van der Waals surface area (Å²) in [6, 6.07) is 4.53. The van der Waals surface area contributed by atoms with Crippen molar-refractivity contribution in [3.63, 3.8) is 0 Å². The molecule has 0 aliphatic rings. The molecule has 3 heteroatoms. The lowest BCUT2D eigenvalue weighted by molar-refractivity contribution is 0.427. The van der Waals surface area contributed by atoms with E-state index in [0.717, 1.165) is 18.1 Å². The molecule has 1 rings (SSSR count). The molecule has 0 amide bonds. The van der Waals surface area contributed by atoms with Crippen LogP contribution in [-0.4, -0.2) is 11.1 Å². The Morgan fingerprint density at radius 3 is 2.60 bits per heavy atom. The van der Waals surface area contributed by atoms with Crippen molar-refractivity contribution in [2.24, 2.45) is 0 Å². The van der Waals surface area contributed by atoms with Crippen LogP contribution in [0.3, 0.4) is 0 Å². The highest BCUT2D eigenvalue weighted by Crippen LogP contribution is 2.25. The molecule has 0 aliphatic carbocycles. The third kappa shape index (κ3) is 3.20. The number of phenolic OH excluding ortho intramolecular Hbond substituents is 1. The molecule has 0 aromatic heterocycles. The maximum absolute atomic E-state index is 12.8. The summed E-state index contributed by atoms with van der Waals surface area (Å²) < 4.78 is 12.8. The maximum Gasteiger partial charge on any atom is 0.126 e. The molecule has 1 aromatic rings. The number of nitrogens with one attached hydrogen (secondary N) is 1. The Morgan fingerprint density at radius 2 is 2.07 bits per heavy atom. The molecule has 84 valence electrons. The van der Waals surface area contributed by atoms with E-state index >= 15 is 0 Å². The minimum atomic E-state index is -0.410. The van der Waals surface area contributed by atoms with Crippen LogP contribution in [0.2, 0.25) is 0 Å².